The highest BCUT2D eigenvalue weighted by Gasteiger charge is 2.42. The van der Waals surface area contributed by atoms with Gasteiger partial charge in [-0.25, -0.2) is 0 Å². The Balaban J connectivity index is 1.93. The van der Waals surface area contributed by atoms with E-state index in [2.05, 4.69) is 5.32 Å². The van der Waals surface area contributed by atoms with Crippen LogP contribution in [0.15, 0.2) is 0 Å². The molecule has 0 aliphatic carbocycles. The van der Waals surface area contributed by atoms with E-state index >= 15 is 0 Å². The number of carbonyl (C=O) groups is 2. The van der Waals surface area contributed by atoms with E-state index in [1.54, 1.807) is 16.7 Å². The summed E-state index contributed by atoms with van der Waals surface area (Å²) in [5, 5.41) is 13.5. The van der Waals surface area contributed by atoms with Crippen LogP contribution in [-0.2, 0) is 9.59 Å². The lowest BCUT2D eigenvalue weighted by atomic mass is 9.91. The number of hydrogen-bond donors (Lipinski definition) is 2. The zero-order valence-corrected chi connectivity index (χ0v) is 13.6. The number of carbonyl (C=O) groups excluding carboxylic acids is 2. The van der Waals surface area contributed by atoms with Crippen molar-refractivity contribution in [3.05, 3.63) is 0 Å². The predicted octanol–water partition coefficient (Wildman–Crippen LogP) is 1.01. The molecule has 0 aromatic carbocycles. The quantitative estimate of drug-likeness (QED) is 0.812. The van der Waals surface area contributed by atoms with Gasteiger partial charge in [-0.2, -0.15) is 11.8 Å². The van der Waals surface area contributed by atoms with Crippen molar-refractivity contribution in [2.75, 3.05) is 31.1 Å². The maximum atomic E-state index is 12.6. The van der Waals surface area contributed by atoms with Crippen LogP contribution in [0.1, 0.15) is 39.0 Å². The summed E-state index contributed by atoms with van der Waals surface area (Å²) >= 11 is 1.78. The fourth-order valence-corrected chi connectivity index (χ4v) is 4.15. The van der Waals surface area contributed by atoms with Crippen molar-refractivity contribution >= 4 is 23.6 Å². The molecule has 0 bridgehead atoms. The molecule has 0 aromatic rings. The maximum Gasteiger partial charge on any atom is 0.254 e. The molecule has 6 heteroatoms. The number of nitrogens with one attached hydrogen (secondary N) is 1. The molecule has 120 valence electrons. The lowest BCUT2D eigenvalue weighted by molar-refractivity contribution is -0.154. The fraction of sp³-hybridized carbons (Fsp3) is 0.867. The Bertz CT molecular complexity index is 383. The van der Waals surface area contributed by atoms with Gasteiger partial charge in [0.25, 0.3) is 5.91 Å². The van der Waals surface area contributed by atoms with Crippen molar-refractivity contribution in [3.8, 4) is 0 Å². The third kappa shape index (κ3) is 4.13. The summed E-state index contributed by atoms with van der Waals surface area (Å²) in [5.41, 5.74) is -1.20. The highest BCUT2D eigenvalue weighted by molar-refractivity contribution is 7.99. The Morgan fingerprint density at radius 3 is 2.76 bits per heavy atom. The van der Waals surface area contributed by atoms with E-state index in [0.717, 1.165) is 30.8 Å². The molecule has 0 saturated carbocycles. The van der Waals surface area contributed by atoms with Gasteiger partial charge in [0.15, 0.2) is 0 Å². The van der Waals surface area contributed by atoms with Crippen molar-refractivity contribution in [3.63, 3.8) is 0 Å². The van der Waals surface area contributed by atoms with Gasteiger partial charge < -0.3 is 15.3 Å². The first-order valence-corrected chi connectivity index (χ1v) is 9.09. The van der Waals surface area contributed by atoms with E-state index in [0.29, 0.717) is 32.5 Å². The maximum absolute atomic E-state index is 12.6. The summed E-state index contributed by atoms with van der Waals surface area (Å²) in [6.45, 7) is 3.81. The molecule has 2 rings (SSSR count). The van der Waals surface area contributed by atoms with Gasteiger partial charge in [0, 0.05) is 19.6 Å². The molecule has 5 nitrogen and oxygen atoms in total. The van der Waals surface area contributed by atoms with E-state index in [4.69, 9.17) is 0 Å². The van der Waals surface area contributed by atoms with Crippen LogP contribution in [0.5, 0.6) is 0 Å². The molecule has 2 N–H and O–H groups in total. The average molecular weight is 314 g/mol. The molecule has 0 spiro atoms. The van der Waals surface area contributed by atoms with Crippen LogP contribution < -0.4 is 5.32 Å². The van der Waals surface area contributed by atoms with Crippen LogP contribution in [0.3, 0.4) is 0 Å². The van der Waals surface area contributed by atoms with Crippen molar-refractivity contribution in [1.29, 1.82) is 0 Å². The van der Waals surface area contributed by atoms with Crippen LogP contribution in [0.2, 0.25) is 0 Å². The Kier molecular flexibility index (Phi) is 5.93. The van der Waals surface area contributed by atoms with E-state index < -0.39 is 5.60 Å². The number of amides is 2. The lowest BCUT2D eigenvalue weighted by Crippen LogP contribution is -2.55. The number of likely N-dealkylation sites (tertiary alicyclic amines) is 1. The molecule has 2 aliphatic heterocycles. The second-order valence-corrected chi connectivity index (χ2v) is 7.25. The minimum Gasteiger partial charge on any atom is -0.380 e. The number of aliphatic hydroxyl groups is 1. The monoisotopic (exact) mass is 314 g/mol. The normalized spacial score (nSPS) is 25.4. The highest BCUT2D eigenvalue weighted by atomic mass is 32.2. The fourth-order valence-electron chi connectivity index (χ4n) is 2.99. The highest BCUT2D eigenvalue weighted by Crippen LogP contribution is 2.30. The number of piperidine rings is 1. The van der Waals surface area contributed by atoms with Crippen LogP contribution in [-0.4, -0.2) is 58.6 Å². The van der Waals surface area contributed by atoms with E-state index in [9.17, 15) is 14.7 Å². The van der Waals surface area contributed by atoms with Crippen LogP contribution in [0, 0.1) is 5.92 Å². The van der Waals surface area contributed by atoms with Gasteiger partial charge in [-0.15, -0.1) is 0 Å². The summed E-state index contributed by atoms with van der Waals surface area (Å²) in [6, 6.07) is 0. The lowest BCUT2D eigenvalue weighted by Gasteiger charge is -2.39. The summed E-state index contributed by atoms with van der Waals surface area (Å²) < 4.78 is 0. The molecular formula is C15H26N2O3S. The smallest absolute Gasteiger partial charge is 0.254 e. The summed E-state index contributed by atoms with van der Waals surface area (Å²) in [6.07, 6.45) is 3.63. The van der Waals surface area contributed by atoms with Crippen molar-refractivity contribution in [2.24, 2.45) is 5.92 Å². The molecule has 21 heavy (non-hydrogen) atoms. The first-order chi connectivity index (χ1) is 10.1. The predicted molar refractivity (Wildman–Crippen MR) is 84.1 cm³/mol. The molecule has 1 atom stereocenters. The van der Waals surface area contributed by atoms with Crippen molar-refractivity contribution < 1.29 is 14.7 Å². The Hall–Kier alpha value is -0.750. The second-order valence-electron chi connectivity index (χ2n) is 6.03. The third-order valence-electron chi connectivity index (χ3n) is 4.35. The second kappa shape index (κ2) is 7.49. The largest absolute Gasteiger partial charge is 0.380 e. The molecule has 2 fully saturated rings. The average Bonchev–Trinajstić information content (AvgIpc) is 2.52. The van der Waals surface area contributed by atoms with Gasteiger partial charge in [0.05, 0.1) is 5.92 Å². The van der Waals surface area contributed by atoms with Crippen molar-refractivity contribution in [1.82, 2.24) is 10.2 Å². The third-order valence-corrected chi connectivity index (χ3v) is 5.33. The number of nitrogens with zero attached hydrogens (tertiary/aromatic N) is 1. The van der Waals surface area contributed by atoms with Crippen molar-refractivity contribution in [2.45, 2.75) is 44.6 Å². The number of thioether (sulfide) groups is 1. The summed E-state index contributed by atoms with van der Waals surface area (Å²) in [7, 11) is 0. The minimum atomic E-state index is -1.20. The molecule has 2 saturated heterocycles. The van der Waals surface area contributed by atoms with E-state index in [-0.39, 0.29) is 17.7 Å². The SMILES string of the molecule is CCCNC(=O)[C@H]1CCCN(C(=O)C2(O)CCSCC2)C1. The van der Waals surface area contributed by atoms with Gasteiger partial charge in [0.1, 0.15) is 5.60 Å². The van der Waals surface area contributed by atoms with Crippen LogP contribution in [0.4, 0.5) is 0 Å². The molecule has 2 aliphatic rings. The van der Waals surface area contributed by atoms with Gasteiger partial charge in [-0.1, -0.05) is 6.92 Å². The molecule has 0 radical (unpaired) electrons. The molecule has 2 heterocycles. The topological polar surface area (TPSA) is 69.6 Å². The Morgan fingerprint density at radius 1 is 1.38 bits per heavy atom. The standard InChI is InChI=1S/C15H26N2O3S/c1-2-7-16-13(18)12-4-3-8-17(11-12)14(19)15(20)5-9-21-10-6-15/h12,20H,2-11H2,1H3,(H,16,18)/t12-/m0/s1. The molecule has 0 unspecified atom stereocenters. The molecule has 2 amide bonds. The summed E-state index contributed by atoms with van der Waals surface area (Å²) in [4.78, 5) is 26.4. The number of rotatable bonds is 4. The Morgan fingerprint density at radius 2 is 2.10 bits per heavy atom. The van der Waals surface area contributed by atoms with Gasteiger partial charge >= 0.3 is 0 Å². The van der Waals surface area contributed by atoms with E-state index in [1.807, 2.05) is 6.92 Å². The van der Waals surface area contributed by atoms with Crippen LogP contribution >= 0.6 is 11.8 Å². The first-order valence-electron chi connectivity index (χ1n) is 7.94. The molecular weight excluding hydrogens is 288 g/mol. The van der Waals surface area contributed by atoms with E-state index in [1.165, 1.54) is 0 Å². The summed E-state index contributed by atoms with van der Waals surface area (Å²) in [5.74, 6) is 1.40. The Labute approximate surface area is 130 Å². The minimum absolute atomic E-state index is 0.0422. The zero-order chi connectivity index (χ0) is 15.3. The van der Waals surface area contributed by atoms with Gasteiger partial charge in [-0.3, -0.25) is 9.59 Å². The zero-order valence-electron chi connectivity index (χ0n) is 12.8. The first kappa shape index (κ1) is 16.6. The van der Waals surface area contributed by atoms with Gasteiger partial charge in [-0.05, 0) is 43.6 Å². The van der Waals surface area contributed by atoms with Gasteiger partial charge in [0.2, 0.25) is 5.91 Å². The molecule has 0 aromatic heterocycles. The van der Waals surface area contributed by atoms with Crippen LogP contribution in [0.25, 0.3) is 0 Å². The number of hydrogen-bond acceptors (Lipinski definition) is 4.